The van der Waals surface area contributed by atoms with Crippen LogP contribution in [-0.2, 0) is 11.2 Å². The van der Waals surface area contributed by atoms with Crippen LogP contribution in [0.1, 0.15) is 5.69 Å². The first-order valence-corrected chi connectivity index (χ1v) is 8.51. The van der Waals surface area contributed by atoms with Gasteiger partial charge in [-0.25, -0.2) is 0 Å². The molecule has 0 unspecified atom stereocenters. The summed E-state index contributed by atoms with van der Waals surface area (Å²) in [5.41, 5.74) is 1.95. The summed E-state index contributed by atoms with van der Waals surface area (Å²) < 4.78 is 1.05. The Bertz CT molecular complexity index is 563. The summed E-state index contributed by atoms with van der Waals surface area (Å²) in [5, 5.41) is 2.93. The number of carbonyl (C=O) groups excluding carboxylic acids is 1. The Kier molecular flexibility index (Phi) is 6.32. The molecule has 0 radical (unpaired) electrons. The molecule has 1 aromatic heterocycles. The number of hydrogen-bond acceptors (Lipinski definition) is 3. The number of rotatable bonds is 6. The largest absolute Gasteiger partial charge is 0.324 e. The standard InChI is InChI=1S/C15H15IN2OS/c16-13-6-1-2-7-14(13)18-15(19)11-20-10-8-12-5-3-4-9-17-12/h1-7,9H,8,10-11H2,(H,18,19). The van der Waals surface area contributed by atoms with Gasteiger partial charge < -0.3 is 5.32 Å². The van der Waals surface area contributed by atoms with Crippen LogP contribution < -0.4 is 5.32 Å². The number of aryl methyl sites for hydroxylation is 1. The fraction of sp³-hybridized carbons (Fsp3) is 0.200. The van der Waals surface area contributed by atoms with Gasteiger partial charge in [0, 0.05) is 15.5 Å². The summed E-state index contributed by atoms with van der Waals surface area (Å²) in [4.78, 5) is 16.1. The van der Waals surface area contributed by atoms with Crippen LogP contribution >= 0.6 is 34.4 Å². The van der Waals surface area contributed by atoms with Crippen molar-refractivity contribution in [1.82, 2.24) is 4.98 Å². The second-order valence-corrected chi connectivity index (χ2v) is 6.42. The van der Waals surface area contributed by atoms with Crippen molar-refractivity contribution in [3.8, 4) is 0 Å². The molecular weight excluding hydrogens is 383 g/mol. The molecule has 1 heterocycles. The number of amides is 1. The number of nitrogens with zero attached hydrogens (tertiary/aromatic N) is 1. The van der Waals surface area contributed by atoms with Crippen molar-refractivity contribution in [1.29, 1.82) is 0 Å². The van der Waals surface area contributed by atoms with E-state index in [4.69, 9.17) is 0 Å². The number of nitrogens with one attached hydrogen (secondary N) is 1. The zero-order valence-electron chi connectivity index (χ0n) is 10.9. The van der Waals surface area contributed by atoms with Crippen molar-refractivity contribution >= 4 is 45.9 Å². The molecule has 5 heteroatoms. The van der Waals surface area contributed by atoms with Crippen LogP contribution in [0.25, 0.3) is 0 Å². The Morgan fingerprint density at radius 2 is 2.00 bits per heavy atom. The Morgan fingerprint density at radius 3 is 2.75 bits per heavy atom. The number of thioether (sulfide) groups is 1. The summed E-state index contributed by atoms with van der Waals surface area (Å²) in [6.45, 7) is 0. The zero-order chi connectivity index (χ0) is 14.2. The van der Waals surface area contributed by atoms with Gasteiger partial charge in [0.1, 0.15) is 0 Å². The highest BCUT2D eigenvalue weighted by Crippen LogP contribution is 2.17. The van der Waals surface area contributed by atoms with Crippen molar-refractivity contribution in [2.75, 3.05) is 16.8 Å². The maximum absolute atomic E-state index is 11.8. The van der Waals surface area contributed by atoms with Crippen LogP contribution in [0.2, 0.25) is 0 Å². The van der Waals surface area contributed by atoms with Crippen LogP contribution in [0, 0.1) is 3.57 Å². The van der Waals surface area contributed by atoms with Crippen molar-refractivity contribution in [2.45, 2.75) is 6.42 Å². The Balaban J connectivity index is 1.69. The fourth-order valence-electron chi connectivity index (χ4n) is 1.64. The molecule has 1 aromatic carbocycles. The molecule has 20 heavy (non-hydrogen) atoms. The van der Waals surface area contributed by atoms with E-state index < -0.39 is 0 Å². The van der Waals surface area contributed by atoms with Gasteiger partial charge in [-0.2, -0.15) is 11.8 Å². The molecule has 0 saturated carbocycles. The molecule has 0 atom stereocenters. The minimum atomic E-state index is 0.0418. The Morgan fingerprint density at radius 1 is 1.20 bits per heavy atom. The number of carbonyl (C=O) groups is 1. The van der Waals surface area contributed by atoms with Crippen molar-refractivity contribution in [2.24, 2.45) is 0 Å². The van der Waals surface area contributed by atoms with E-state index in [0.29, 0.717) is 5.75 Å². The number of benzene rings is 1. The maximum atomic E-state index is 11.8. The molecule has 3 nitrogen and oxygen atoms in total. The van der Waals surface area contributed by atoms with E-state index in [1.54, 1.807) is 18.0 Å². The van der Waals surface area contributed by atoms with Crippen molar-refractivity contribution in [3.63, 3.8) is 0 Å². The summed E-state index contributed by atoms with van der Waals surface area (Å²) in [6, 6.07) is 13.7. The predicted octanol–water partition coefficient (Wildman–Crippen LogP) is 3.60. The van der Waals surface area contributed by atoms with E-state index in [2.05, 4.69) is 32.9 Å². The first-order valence-electron chi connectivity index (χ1n) is 6.28. The van der Waals surface area contributed by atoms with E-state index in [1.807, 2.05) is 42.5 Å². The normalized spacial score (nSPS) is 10.2. The molecular formula is C15H15IN2OS. The predicted molar refractivity (Wildman–Crippen MR) is 93.1 cm³/mol. The second-order valence-electron chi connectivity index (χ2n) is 4.15. The molecule has 1 amide bonds. The van der Waals surface area contributed by atoms with E-state index in [-0.39, 0.29) is 5.91 Å². The van der Waals surface area contributed by atoms with Gasteiger partial charge in [0.05, 0.1) is 11.4 Å². The maximum Gasteiger partial charge on any atom is 0.234 e. The molecule has 0 aliphatic carbocycles. The average molecular weight is 398 g/mol. The molecule has 0 spiro atoms. The summed E-state index contributed by atoms with van der Waals surface area (Å²) in [6.07, 6.45) is 2.69. The van der Waals surface area contributed by atoms with Gasteiger partial charge in [-0.05, 0) is 59.0 Å². The van der Waals surface area contributed by atoms with E-state index in [0.717, 1.165) is 27.1 Å². The smallest absolute Gasteiger partial charge is 0.234 e. The highest BCUT2D eigenvalue weighted by atomic mass is 127. The van der Waals surface area contributed by atoms with Gasteiger partial charge in [0.25, 0.3) is 0 Å². The fourth-order valence-corrected chi connectivity index (χ4v) is 2.91. The number of hydrogen-bond donors (Lipinski definition) is 1. The van der Waals surface area contributed by atoms with Crippen LogP contribution in [0.15, 0.2) is 48.7 Å². The lowest BCUT2D eigenvalue weighted by atomic mass is 10.3. The monoisotopic (exact) mass is 398 g/mol. The molecule has 0 aliphatic rings. The number of pyridine rings is 1. The van der Waals surface area contributed by atoms with Gasteiger partial charge in [0.15, 0.2) is 0 Å². The lowest BCUT2D eigenvalue weighted by Crippen LogP contribution is -2.15. The molecule has 2 aromatic rings. The van der Waals surface area contributed by atoms with Gasteiger partial charge >= 0.3 is 0 Å². The van der Waals surface area contributed by atoms with Crippen molar-refractivity contribution < 1.29 is 4.79 Å². The molecule has 1 N–H and O–H groups in total. The van der Waals surface area contributed by atoms with Crippen LogP contribution in [-0.4, -0.2) is 22.4 Å². The van der Waals surface area contributed by atoms with Gasteiger partial charge in [-0.3, -0.25) is 9.78 Å². The highest BCUT2D eigenvalue weighted by Gasteiger charge is 2.05. The number of aromatic nitrogens is 1. The second kappa shape index (κ2) is 8.26. The number of halogens is 1. The third-order valence-electron chi connectivity index (χ3n) is 2.61. The van der Waals surface area contributed by atoms with Crippen LogP contribution in [0.5, 0.6) is 0 Å². The lowest BCUT2D eigenvalue weighted by molar-refractivity contribution is -0.113. The third-order valence-corrected chi connectivity index (χ3v) is 4.51. The lowest BCUT2D eigenvalue weighted by Gasteiger charge is -2.06. The Labute approximate surface area is 136 Å². The van der Waals surface area contributed by atoms with Crippen LogP contribution in [0.4, 0.5) is 5.69 Å². The molecule has 0 fully saturated rings. The molecule has 0 saturated heterocycles. The summed E-state index contributed by atoms with van der Waals surface area (Å²) in [7, 11) is 0. The summed E-state index contributed by atoms with van der Waals surface area (Å²) >= 11 is 3.84. The first-order chi connectivity index (χ1) is 9.75. The average Bonchev–Trinajstić information content (AvgIpc) is 2.47. The van der Waals surface area contributed by atoms with E-state index in [9.17, 15) is 4.79 Å². The molecule has 104 valence electrons. The van der Waals surface area contributed by atoms with Gasteiger partial charge in [-0.1, -0.05) is 18.2 Å². The first kappa shape index (κ1) is 15.3. The zero-order valence-corrected chi connectivity index (χ0v) is 13.9. The minimum Gasteiger partial charge on any atom is -0.324 e. The topological polar surface area (TPSA) is 42.0 Å². The molecule has 2 rings (SSSR count). The molecule has 0 bridgehead atoms. The quantitative estimate of drug-likeness (QED) is 0.597. The molecule has 0 aliphatic heterocycles. The number of para-hydroxylation sites is 1. The van der Waals surface area contributed by atoms with Gasteiger partial charge in [0.2, 0.25) is 5.91 Å². The summed E-state index contributed by atoms with van der Waals surface area (Å²) in [5.74, 6) is 1.41. The third kappa shape index (κ3) is 5.13. The van der Waals surface area contributed by atoms with Gasteiger partial charge in [-0.15, -0.1) is 0 Å². The SMILES string of the molecule is O=C(CSCCc1ccccn1)Nc1ccccc1I. The highest BCUT2D eigenvalue weighted by molar-refractivity contribution is 14.1. The Hall–Kier alpha value is -1.08. The van der Waals surface area contributed by atoms with Crippen LogP contribution in [0.3, 0.4) is 0 Å². The minimum absolute atomic E-state index is 0.0418. The van der Waals surface area contributed by atoms with Crippen molar-refractivity contribution in [3.05, 3.63) is 57.9 Å². The number of anilines is 1. The van der Waals surface area contributed by atoms with E-state index in [1.165, 1.54) is 0 Å². The van der Waals surface area contributed by atoms with E-state index >= 15 is 0 Å².